The number of rotatable bonds is 1. The van der Waals surface area contributed by atoms with E-state index in [1.165, 1.54) is 24.8 Å². The van der Waals surface area contributed by atoms with Gasteiger partial charge in [0.1, 0.15) is 5.75 Å². The summed E-state index contributed by atoms with van der Waals surface area (Å²) >= 11 is 0. The maximum absolute atomic E-state index is 5.28. The third-order valence-corrected chi connectivity index (χ3v) is 3.79. The van der Waals surface area contributed by atoms with Crippen LogP contribution in [0, 0.1) is 5.92 Å². The number of benzene rings is 1. The Morgan fingerprint density at radius 2 is 2.27 bits per heavy atom. The Kier molecular flexibility index (Phi) is 2.05. The van der Waals surface area contributed by atoms with Crippen LogP contribution < -0.4 is 4.74 Å². The minimum Gasteiger partial charge on any atom is -0.497 e. The average Bonchev–Trinajstić information content (AvgIpc) is 2.76. The number of methoxy groups -OCH3 is 1. The highest BCUT2D eigenvalue weighted by Crippen LogP contribution is 2.43. The van der Waals surface area contributed by atoms with Crippen molar-refractivity contribution in [1.82, 2.24) is 0 Å². The molecule has 0 fully saturated rings. The van der Waals surface area contributed by atoms with E-state index in [1.54, 1.807) is 12.7 Å². The lowest BCUT2D eigenvalue weighted by Gasteiger charge is -2.28. The average molecular weight is 200 g/mol. The zero-order valence-corrected chi connectivity index (χ0v) is 9.07. The number of aryl methyl sites for hydroxylation is 1. The summed E-state index contributed by atoms with van der Waals surface area (Å²) < 4.78 is 5.28. The minimum atomic E-state index is 0.750. The molecule has 0 unspecified atom stereocenters. The molecular weight excluding hydrogens is 184 g/mol. The topological polar surface area (TPSA) is 9.23 Å². The van der Waals surface area contributed by atoms with Crippen LogP contribution in [-0.2, 0) is 6.42 Å². The molecule has 0 aromatic heterocycles. The van der Waals surface area contributed by atoms with Crippen molar-refractivity contribution in [2.45, 2.75) is 25.2 Å². The van der Waals surface area contributed by atoms with E-state index < -0.39 is 0 Å². The minimum absolute atomic E-state index is 0.750. The summed E-state index contributed by atoms with van der Waals surface area (Å²) in [4.78, 5) is 0. The molecule has 0 saturated carbocycles. The number of hydrogen-bond donors (Lipinski definition) is 0. The molecule has 1 aromatic rings. The van der Waals surface area contributed by atoms with Crippen molar-refractivity contribution in [1.29, 1.82) is 0 Å². The summed E-state index contributed by atoms with van der Waals surface area (Å²) in [5.74, 6) is 2.55. The van der Waals surface area contributed by atoms with Gasteiger partial charge in [-0.15, -0.1) is 0 Å². The molecule has 0 N–H and O–H groups in total. The van der Waals surface area contributed by atoms with Crippen LogP contribution in [0.4, 0.5) is 0 Å². The largest absolute Gasteiger partial charge is 0.497 e. The van der Waals surface area contributed by atoms with E-state index in [4.69, 9.17) is 4.74 Å². The highest BCUT2D eigenvalue weighted by Gasteiger charge is 2.29. The molecule has 1 nitrogen and oxygen atoms in total. The van der Waals surface area contributed by atoms with Gasteiger partial charge < -0.3 is 4.74 Å². The first-order valence-electron chi connectivity index (χ1n) is 5.72. The second-order valence-corrected chi connectivity index (χ2v) is 4.54. The lowest BCUT2D eigenvalue weighted by atomic mass is 9.77. The third-order valence-electron chi connectivity index (χ3n) is 3.79. The molecule has 0 amide bonds. The van der Waals surface area contributed by atoms with Crippen LogP contribution in [-0.4, -0.2) is 7.11 Å². The van der Waals surface area contributed by atoms with E-state index in [2.05, 4.69) is 30.4 Å². The predicted molar refractivity (Wildman–Crippen MR) is 61.3 cm³/mol. The molecule has 1 aromatic carbocycles. The molecule has 3 rings (SSSR count). The van der Waals surface area contributed by atoms with Gasteiger partial charge in [0, 0.05) is 0 Å². The number of ether oxygens (including phenoxy) is 1. The zero-order valence-electron chi connectivity index (χ0n) is 9.07. The molecule has 2 aliphatic rings. The summed E-state index contributed by atoms with van der Waals surface area (Å²) in [6.45, 7) is 0. The van der Waals surface area contributed by atoms with Gasteiger partial charge in [-0.3, -0.25) is 0 Å². The Labute approximate surface area is 90.8 Å². The summed E-state index contributed by atoms with van der Waals surface area (Å²) in [5, 5.41) is 0. The van der Waals surface area contributed by atoms with Crippen molar-refractivity contribution >= 4 is 0 Å². The number of fused-ring (bicyclic) bond motifs is 3. The van der Waals surface area contributed by atoms with Gasteiger partial charge in [0.05, 0.1) is 7.11 Å². The first kappa shape index (κ1) is 9.02. The van der Waals surface area contributed by atoms with Crippen LogP contribution in [0.3, 0.4) is 0 Å². The highest BCUT2D eigenvalue weighted by molar-refractivity contribution is 5.41. The lowest BCUT2D eigenvalue weighted by Crippen LogP contribution is -2.15. The summed E-state index contributed by atoms with van der Waals surface area (Å²) in [7, 11) is 1.74. The Balaban J connectivity index is 2.01. The van der Waals surface area contributed by atoms with Gasteiger partial charge in [0.15, 0.2) is 0 Å². The number of hydrogen-bond acceptors (Lipinski definition) is 1. The van der Waals surface area contributed by atoms with E-state index in [0.717, 1.165) is 17.6 Å². The van der Waals surface area contributed by atoms with Crippen molar-refractivity contribution in [3.05, 3.63) is 41.5 Å². The van der Waals surface area contributed by atoms with Crippen LogP contribution in [0.2, 0.25) is 0 Å². The molecule has 78 valence electrons. The van der Waals surface area contributed by atoms with E-state index in [0.29, 0.717) is 0 Å². The summed E-state index contributed by atoms with van der Waals surface area (Å²) in [5.41, 5.74) is 3.05. The Bertz CT molecular complexity index is 406. The molecule has 0 spiro atoms. The molecule has 0 saturated heterocycles. The monoisotopic (exact) mass is 200 g/mol. The molecule has 0 aliphatic heterocycles. The van der Waals surface area contributed by atoms with Gasteiger partial charge in [-0.1, -0.05) is 18.2 Å². The van der Waals surface area contributed by atoms with E-state index in [1.807, 2.05) is 0 Å². The third kappa shape index (κ3) is 1.38. The fourth-order valence-corrected chi connectivity index (χ4v) is 2.97. The molecule has 2 aliphatic carbocycles. The van der Waals surface area contributed by atoms with Crippen molar-refractivity contribution < 1.29 is 4.74 Å². The quantitative estimate of drug-likeness (QED) is 0.632. The van der Waals surface area contributed by atoms with Crippen LogP contribution in [0.5, 0.6) is 5.75 Å². The maximum Gasteiger partial charge on any atom is 0.119 e. The number of allylic oxidation sites excluding steroid dienone is 2. The van der Waals surface area contributed by atoms with Crippen LogP contribution >= 0.6 is 0 Å². The first-order valence-corrected chi connectivity index (χ1v) is 5.72. The smallest absolute Gasteiger partial charge is 0.119 e. The second-order valence-electron chi connectivity index (χ2n) is 4.54. The Hall–Kier alpha value is -1.24. The van der Waals surface area contributed by atoms with Crippen LogP contribution in [0.15, 0.2) is 30.4 Å². The normalized spacial score (nSPS) is 27.3. The van der Waals surface area contributed by atoms with Gasteiger partial charge in [0.25, 0.3) is 0 Å². The maximum atomic E-state index is 5.28. The van der Waals surface area contributed by atoms with E-state index >= 15 is 0 Å². The van der Waals surface area contributed by atoms with E-state index in [9.17, 15) is 0 Å². The first-order chi connectivity index (χ1) is 7.38. The van der Waals surface area contributed by atoms with Crippen molar-refractivity contribution in [2.24, 2.45) is 5.92 Å². The molecular formula is C14H16O. The zero-order chi connectivity index (χ0) is 10.3. The standard InChI is InChI=1S/C14H16O/c1-15-12-7-8-14-11(9-12)6-5-10-3-2-4-13(10)14/h2-3,7-10,13H,4-6H2,1H3/t10-,13+/m0/s1. The van der Waals surface area contributed by atoms with Crippen molar-refractivity contribution in [3.8, 4) is 5.75 Å². The van der Waals surface area contributed by atoms with Gasteiger partial charge in [-0.25, -0.2) is 0 Å². The predicted octanol–water partition coefficient (Wildman–Crippen LogP) is 3.30. The molecule has 15 heavy (non-hydrogen) atoms. The molecule has 2 atom stereocenters. The van der Waals surface area contributed by atoms with Crippen molar-refractivity contribution in [2.75, 3.05) is 7.11 Å². The Morgan fingerprint density at radius 3 is 3.13 bits per heavy atom. The molecule has 0 radical (unpaired) electrons. The fourth-order valence-electron chi connectivity index (χ4n) is 2.97. The molecule has 0 bridgehead atoms. The van der Waals surface area contributed by atoms with E-state index in [-0.39, 0.29) is 0 Å². The fraction of sp³-hybridized carbons (Fsp3) is 0.429. The second kappa shape index (κ2) is 3.41. The SMILES string of the molecule is COc1ccc2c(c1)CC[C@@H]1C=CC[C@@H]21. The van der Waals surface area contributed by atoms with Crippen LogP contribution in [0.1, 0.15) is 29.9 Å². The Morgan fingerprint density at radius 1 is 1.33 bits per heavy atom. The van der Waals surface area contributed by atoms with Gasteiger partial charge >= 0.3 is 0 Å². The highest BCUT2D eigenvalue weighted by atomic mass is 16.5. The van der Waals surface area contributed by atoms with Gasteiger partial charge in [-0.05, 0) is 54.4 Å². The molecule has 1 heteroatoms. The lowest BCUT2D eigenvalue weighted by molar-refractivity contribution is 0.411. The van der Waals surface area contributed by atoms with Crippen LogP contribution in [0.25, 0.3) is 0 Å². The summed E-state index contributed by atoms with van der Waals surface area (Å²) in [6.07, 6.45) is 8.48. The van der Waals surface area contributed by atoms with Gasteiger partial charge in [-0.2, -0.15) is 0 Å². The van der Waals surface area contributed by atoms with Crippen molar-refractivity contribution in [3.63, 3.8) is 0 Å². The summed E-state index contributed by atoms with van der Waals surface area (Å²) in [6, 6.07) is 6.57. The molecule has 0 heterocycles. The van der Waals surface area contributed by atoms with Gasteiger partial charge in [0.2, 0.25) is 0 Å².